The summed E-state index contributed by atoms with van der Waals surface area (Å²) in [5.41, 5.74) is 0. The molecule has 0 saturated carbocycles. The van der Waals surface area contributed by atoms with E-state index >= 15 is 0 Å². The molecule has 1 unspecified atom stereocenters. The van der Waals surface area contributed by atoms with Crippen LogP contribution in [0.4, 0.5) is 0 Å². The average molecular weight is 265 g/mol. The van der Waals surface area contributed by atoms with Crippen molar-refractivity contribution in [3.8, 4) is 11.5 Å². The number of hydrogen-bond acceptors (Lipinski definition) is 3. The topological polar surface area (TPSA) is 30.5 Å². The molecule has 1 N–H and O–H groups in total. The van der Waals surface area contributed by atoms with E-state index in [0.717, 1.165) is 18.0 Å². The summed E-state index contributed by atoms with van der Waals surface area (Å²) in [6.45, 7) is 8.62. The molecule has 3 nitrogen and oxygen atoms in total. The number of ether oxygens (including phenoxy) is 2. The lowest BCUT2D eigenvalue weighted by molar-refractivity contribution is 0.271. The van der Waals surface area contributed by atoms with Crippen LogP contribution in [0.5, 0.6) is 11.5 Å². The van der Waals surface area contributed by atoms with Crippen molar-refractivity contribution in [2.75, 3.05) is 19.8 Å². The van der Waals surface area contributed by atoms with Crippen LogP contribution in [-0.4, -0.2) is 25.8 Å². The molecule has 0 aromatic heterocycles. The number of hydrogen-bond donors (Lipinski definition) is 1. The van der Waals surface area contributed by atoms with Crippen molar-refractivity contribution in [1.29, 1.82) is 0 Å². The second-order valence-electron chi connectivity index (χ2n) is 4.73. The summed E-state index contributed by atoms with van der Waals surface area (Å²) in [5.74, 6) is 1.65. The number of rotatable bonds is 10. The fraction of sp³-hybridized carbons (Fsp3) is 0.625. The maximum Gasteiger partial charge on any atom is 0.161 e. The van der Waals surface area contributed by atoms with Gasteiger partial charge in [0.2, 0.25) is 0 Å². The number of unbranched alkanes of at least 4 members (excludes halogenated alkanes) is 1. The lowest BCUT2D eigenvalue weighted by atomic mass is 10.1. The van der Waals surface area contributed by atoms with Gasteiger partial charge in [-0.1, -0.05) is 31.9 Å². The second kappa shape index (κ2) is 9.68. The molecule has 0 aliphatic rings. The molecule has 1 aromatic rings. The van der Waals surface area contributed by atoms with Crippen LogP contribution in [0.3, 0.4) is 0 Å². The van der Waals surface area contributed by atoms with Gasteiger partial charge in [-0.3, -0.25) is 0 Å². The van der Waals surface area contributed by atoms with E-state index in [0.29, 0.717) is 19.3 Å². The van der Waals surface area contributed by atoms with Crippen LogP contribution in [0.15, 0.2) is 24.3 Å². The minimum Gasteiger partial charge on any atom is -0.490 e. The van der Waals surface area contributed by atoms with Gasteiger partial charge < -0.3 is 14.8 Å². The van der Waals surface area contributed by atoms with E-state index in [1.807, 2.05) is 31.2 Å². The monoisotopic (exact) mass is 265 g/mol. The number of nitrogens with one attached hydrogen (secondary N) is 1. The third-order valence-electron chi connectivity index (χ3n) is 2.99. The average Bonchev–Trinajstić information content (AvgIpc) is 2.43. The summed E-state index contributed by atoms with van der Waals surface area (Å²) in [7, 11) is 0. The quantitative estimate of drug-likeness (QED) is 0.655. The maximum atomic E-state index is 5.76. The molecule has 0 amide bonds. The first-order chi connectivity index (χ1) is 9.27. The van der Waals surface area contributed by atoms with E-state index in [2.05, 4.69) is 19.2 Å². The predicted molar refractivity (Wildman–Crippen MR) is 80.1 cm³/mol. The third-order valence-corrected chi connectivity index (χ3v) is 2.99. The van der Waals surface area contributed by atoms with Gasteiger partial charge in [0.15, 0.2) is 11.5 Å². The molecular formula is C16H27NO2. The van der Waals surface area contributed by atoms with Crippen LogP contribution in [-0.2, 0) is 0 Å². The van der Waals surface area contributed by atoms with Gasteiger partial charge in [0.05, 0.1) is 6.61 Å². The van der Waals surface area contributed by atoms with E-state index < -0.39 is 0 Å². The minimum absolute atomic E-state index is 0.561. The highest BCUT2D eigenvalue weighted by molar-refractivity contribution is 5.39. The Morgan fingerprint density at radius 2 is 1.79 bits per heavy atom. The molecule has 1 aromatic carbocycles. The number of benzene rings is 1. The van der Waals surface area contributed by atoms with Gasteiger partial charge in [-0.2, -0.15) is 0 Å². The zero-order valence-electron chi connectivity index (χ0n) is 12.4. The predicted octanol–water partition coefficient (Wildman–Crippen LogP) is 3.63. The molecule has 0 fully saturated rings. The highest BCUT2D eigenvalue weighted by atomic mass is 16.5. The molecule has 1 rings (SSSR count). The van der Waals surface area contributed by atoms with Crippen LogP contribution < -0.4 is 14.8 Å². The highest BCUT2D eigenvalue weighted by Crippen LogP contribution is 2.25. The third kappa shape index (κ3) is 6.48. The fourth-order valence-electron chi connectivity index (χ4n) is 1.92. The molecule has 19 heavy (non-hydrogen) atoms. The van der Waals surface area contributed by atoms with Gasteiger partial charge in [0.25, 0.3) is 0 Å². The van der Waals surface area contributed by atoms with Gasteiger partial charge in [0, 0.05) is 12.6 Å². The van der Waals surface area contributed by atoms with Gasteiger partial charge in [0.1, 0.15) is 6.61 Å². The van der Waals surface area contributed by atoms with E-state index in [4.69, 9.17) is 9.47 Å². The molecule has 0 aliphatic heterocycles. The fourth-order valence-corrected chi connectivity index (χ4v) is 1.92. The Kier molecular flexibility index (Phi) is 8.07. The van der Waals surface area contributed by atoms with Crippen molar-refractivity contribution in [1.82, 2.24) is 5.32 Å². The zero-order chi connectivity index (χ0) is 13.9. The lowest BCUT2D eigenvalue weighted by Crippen LogP contribution is -2.30. The van der Waals surface area contributed by atoms with Crippen molar-refractivity contribution in [3.05, 3.63) is 24.3 Å². The SMILES string of the molecule is CCCCC(C)NCCOc1ccccc1OCC. The van der Waals surface area contributed by atoms with Gasteiger partial charge >= 0.3 is 0 Å². The Hall–Kier alpha value is -1.22. The molecule has 3 heteroatoms. The highest BCUT2D eigenvalue weighted by Gasteiger charge is 2.04. The molecule has 0 saturated heterocycles. The van der Waals surface area contributed by atoms with Crippen LogP contribution >= 0.6 is 0 Å². The van der Waals surface area contributed by atoms with E-state index in [-0.39, 0.29) is 0 Å². The van der Waals surface area contributed by atoms with Gasteiger partial charge in [-0.05, 0) is 32.4 Å². The summed E-state index contributed by atoms with van der Waals surface area (Å²) in [6.07, 6.45) is 3.76. The molecule has 1 atom stereocenters. The zero-order valence-corrected chi connectivity index (χ0v) is 12.4. The van der Waals surface area contributed by atoms with Crippen LogP contribution in [0, 0.1) is 0 Å². The Labute approximate surface area is 117 Å². The summed E-state index contributed by atoms with van der Waals surface area (Å²) >= 11 is 0. The maximum absolute atomic E-state index is 5.76. The first-order valence-corrected chi connectivity index (χ1v) is 7.35. The smallest absolute Gasteiger partial charge is 0.161 e. The Morgan fingerprint density at radius 1 is 1.11 bits per heavy atom. The van der Waals surface area contributed by atoms with E-state index in [1.54, 1.807) is 0 Å². The summed E-state index contributed by atoms with van der Waals surface area (Å²) in [6, 6.07) is 8.38. The molecule has 0 heterocycles. The molecular weight excluding hydrogens is 238 g/mol. The van der Waals surface area contributed by atoms with Crippen molar-refractivity contribution < 1.29 is 9.47 Å². The summed E-state index contributed by atoms with van der Waals surface area (Å²) in [5, 5.41) is 3.47. The van der Waals surface area contributed by atoms with Gasteiger partial charge in [-0.15, -0.1) is 0 Å². The van der Waals surface area contributed by atoms with E-state index in [1.165, 1.54) is 19.3 Å². The molecule has 0 radical (unpaired) electrons. The molecule has 0 aliphatic carbocycles. The Morgan fingerprint density at radius 3 is 2.42 bits per heavy atom. The van der Waals surface area contributed by atoms with Crippen LogP contribution in [0.2, 0.25) is 0 Å². The van der Waals surface area contributed by atoms with E-state index in [9.17, 15) is 0 Å². The molecule has 0 spiro atoms. The van der Waals surface area contributed by atoms with Crippen LogP contribution in [0.1, 0.15) is 40.0 Å². The molecule has 0 bridgehead atoms. The second-order valence-corrected chi connectivity index (χ2v) is 4.73. The summed E-state index contributed by atoms with van der Waals surface area (Å²) < 4.78 is 11.3. The Balaban J connectivity index is 2.25. The van der Waals surface area contributed by atoms with Gasteiger partial charge in [-0.25, -0.2) is 0 Å². The minimum atomic E-state index is 0.561. The van der Waals surface area contributed by atoms with Crippen molar-refractivity contribution in [2.24, 2.45) is 0 Å². The standard InChI is InChI=1S/C16H27NO2/c1-4-6-9-14(3)17-12-13-19-16-11-8-7-10-15(16)18-5-2/h7-8,10-11,14,17H,4-6,9,12-13H2,1-3H3. The van der Waals surface area contributed by atoms with Crippen molar-refractivity contribution >= 4 is 0 Å². The van der Waals surface area contributed by atoms with Crippen LogP contribution in [0.25, 0.3) is 0 Å². The largest absolute Gasteiger partial charge is 0.490 e. The molecule has 108 valence electrons. The first-order valence-electron chi connectivity index (χ1n) is 7.35. The first kappa shape index (κ1) is 15.8. The van der Waals surface area contributed by atoms with Crippen molar-refractivity contribution in [3.63, 3.8) is 0 Å². The summed E-state index contributed by atoms with van der Waals surface area (Å²) in [4.78, 5) is 0. The number of para-hydroxylation sites is 2. The Bertz CT molecular complexity index is 341. The normalized spacial score (nSPS) is 12.2. The lowest BCUT2D eigenvalue weighted by Gasteiger charge is -2.15. The van der Waals surface area contributed by atoms with Crippen molar-refractivity contribution in [2.45, 2.75) is 46.1 Å².